The van der Waals surface area contributed by atoms with Crippen molar-refractivity contribution in [3.05, 3.63) is 70.0 Å². The number of benzene rings is 2. The van der Waals surface area contributed by atoms with Gasteiger partial charge in [0.25, 0.3) is 11.8 Å². The lowest BCUT2D eigenvalue weighted by atomic mass is 9.93. The van der Waals surface area contributed by atoms with Crippen molar-refractivity contribution in [1.82, 2.24) is 4.90 Å². The molecule has 2 aromatic rings. The summed E-state index contributed by atoms with van der Waals surface area (Å²) in [4.78, 5) is 37.4. The molecule has 2 N–H and O–H groups in total. The van der Waals surface area contributed by atoms with Gasteiger partial charge in [-0.1, -0.05) is 29.8 Å². The Labute approximate surface area is 171 Å². The number of aliphatic carboxylic acids is 1. The number of hydrogen-bond donors (Lipinski definition) is 2. The van der Waals surface area contributed by atoms with E-state index in [1.165, 1.54) is 12.1 Å². The summed E-state index contributed by atoms with van der Waals surface area (Å²) >= 11 is 5.63. The number of hydrogen-bond acceptors (Lipinski definition) is 4. The summed E-state index contributed by atoms with van der Waals surface area (Å²) in [7, 11) is 0. The van der Waals surface area contributed by atoms with Crippen LogP contribution >= 0.6 is 11.6 Å². The van der Waals surface area contributed by atoms with E-state index in [-0.39, 0.29) is 42.0 Å². The molecule has 0 spiro atoms. The van der Waals surface area contributed by atoms with Crippen molar-refractivity contribution in [2.45, 2.75) is 25.4 Å². The van der Waals surface area contributed by atoms with Crippen LogP contribution in [0.5, 0.6) is 0 Å². The normalized spacial score (nSPS) is 15.3. The standard InChI is InChI=1S/C21H19ClFNO5/c22-16-7-5-12(11-17(16)23)6-8-18(25)15(21(28)29)9-10-24-19(26)13-3-1-2-4-14(13)20(24)27/h1-5,7,11,15,18,25H,6,8-10H2,(H,28,29)/t15-,18+/m0/s1. The molecule has 0 aliphatic carbocycles. The maximum absolute atomic E-state index is 13.5. The quantitative estimate of drug-likeness (QED) is 0.641. The van der Waals surface area contributed by atoms with E-state index in [4.69, 9.17) is 11.6 Å². The number of nitrogens with zero attached hydrogens (tertiary/aromatic N) is 1. The van der Waals surface area contributed by atoms with Crippen molar-refractivity contribution in [2.75, 3.05) is 6.54 Å². The number of aliphatic hydroxyl groups is 1. The number of aliphatic hydroxyl groups excluding tert-OH is 1. The maximum Gasteiger partial charge on any atom is 0.309 e. The number of aryl methyl sites for hydroxylation is 1. The van der Waals surface area contributed by atoms with E-state index in [1.807, 2.05) is 0 Å². The lowest BCUT2D eigenvalue weighted by Gasteiger charge is -2.22. The minimum atomic E-state index is -1.23. The molecule has 29 heavy (non-hydrogen) atoms. The Hall–Kier alpha value is -2.77. The van der Waals surface area contributed by atoms with Gasteiger partial charge in [-0.15, -0.1) is 0 Å². The van der Waals surface area contributed by atoms with Gasteiger partial charge in [0.2, 0.25) is 0 Å². The average Bonchev–Trinajstić information content (AvgIpc) is 2.94. The summed E-state index contributed by atoms with van der Waals surface area (Å²) in [6.07, 6.45) is -0.968. The van der Waals surface area contributed by atoms with Crippen molar-refractivity contribution < 1.29 is 29.0 Å². The van der Waals surface area contributed by atoms with Crippen molar-refractivity contribution in [3.63, 3.8) is 0 Å². The fraction of sp³-hybridized carbons (Fsp3) is 0.286. The smallest absolute Gasteiger partial charge is 0.309 e. The van der Waals surface area contributed by atoms with Crippen LogP contribution in [0.3, 0.4) is 0 Å². The number of amides is 2. The second-order valence-corrected chi connectivity index (χ2v) is 7.30. The molecule has 1 heterocycles. The van der Waals surface area contributed by atoms with Crippen LogP contribution in [0.25, 0.3) is 0 Å². The van der Waals surface area contributed by atoms with Crippen LogP contribution in [0.1, 0.15) is 39.1 Å². The Morgan fingerprint density at radius 1 is 1.07 bits per heavy atom. The van der Waals surface area contributed by atoms with E-state index in [9.17, 15) is 29.0 Å². The van der Waals surface area contributed by atoms with Crippen molar-refractivity contribution >= 4 is 29.4 Å². The molecule has 0 saturated heterocycles. The summed E-state index contributed by atoms with van der Waals surface area (Å²) < 4.78 is 13.5. The van der Waals surface area contributed by atoms with Crippen LogP contribution in [-0.4, -0.2) is 45.5 Å². The van der Waals surface area contributed by atoms with Crippen LogP contribution < -0.4 is 0 Å². The summed E-state index contributed by atoms with van der Waals surface area (Å²) in [6, 6.07) is 10.6. The molecule has 152 valence electrons. The summed E-state index contributed by atoms with van der Waals surface area (Å²) in [6.45, 7) is -0.115. The van der Waals surface area contributed by atoms with Crippen LogP contribution in [0.15, 0.2) is 42.5 Å². The van der Waals surface area contributed by atoms with Crippen LogP contribution in [-0.2, 0) is 11.2 Å². The molecule has 8 heteroatoms. The van der Waals surface area contributed by atoms with E-state index in [1.54, 1.807) is 30.3 Å². The predicted octanol–water partition coefficient (Wildman–Crippen LogP) is 3.16. The highest BCUT2D eigenvalue weighted by atomic mass is 35.5. The highest BCUT2D eigenvalue weighted by Gasteiger charge is 2.36. The third-order valence-electron chi connectivity index (χ3n) is 5.04. The van der Waals surface area contributed by atoms with E-state index in [2.05, 4.69) is 0 Å². The van der Waals surface area contributed by atoms with E-state index in [0.717, 1.165) is 4.90 Å². The maximum atomic E-state index is 13.5. The van der Waals surface area contributed by atoms with Crippen LogP contribution in [0, 0.1) is 11.7 Å². The van der Waals surface area contributed by atoms with Gasteiger partial charge in [0.15, 0.2) is 0 Å². The molecular formula is C21H19ClFNO5. The van der Waals surface area contributed by atoms with Gasteiger partial charge in [-0.25, -0.2) is 4.39 Å². The van der Waals surface area contributed by atoms with Crippen molar-refractivity contribution in [2.24, 2.45) is 5.92 Å². The van der Waals surface area contributed by atoms with Crippen molar-refractivity contribution in [3.8, 4) is 0 Å². The first-order valence-corrected chi connectivity index (χ1v) is 9.47. The Morgan fingerprint density at radius 3 is 2.24 bits per heavy atom. The van der Waals surface area contributed by atoms with E-state index >= 15 is 0 Å². The fourth-order valence-electron chi connectivity index (χ4n) is 3.40. The SMILES string of the molecule is O=C(O)[C@@H](CCN1C(=O)c2ccccc2C1=O)[C@H](O)CCc1ccc(Cl)c(F)c1. The molecule has 6 nitrogen and oxygen atoms in total. The van der Waals surface area contributed by atoms with Gasteiger partial charge in [0.1, 0.15) is 5.82 Å². The van der Waals surface area contributed by atoms with Gasteiger partial charge in [-0.05, 0) is 49.1 Å². The monoisotopic (exact) mass is 419 g/mol. The number of rotatable bonds is 8. The summed E-state index contributed by atoms with van der Waals surface area (Å²) in [5.74, 6) is -3.92. The second kappa shape index (κ2) is 8.71. The molecular weight excluding hydrogens is 401 g/mol. The molecule has 0 fully saturated rings. The Bertz CT molecular complexity index is 929. The third-order valence-corrected chi connectivity index (χ3v) is 5.34. The minimum Gasteiger partial charge on any atom is -0.481 e. The average molecular weight is 420 g/mol. The molecule has 0 unspecified atom stereocenters. The van der Waals surface area contributed by atoms with Crippen LogP contribution in [0.2, 0.25) is 5.02 Å². The first-order chi connectivity index (χ1) is 13.8. The molecule has 2 aromatic carbocycles. The Balaban J connectivity index is 1.61. The van der Waals surface area contributed by atoms with E-state index in [0.29, 0.717) is 5.56 Å². The number of carbonyl (C=O) groups is 3. The second-order valence-electron chi connectivity index (χ2n) is 6.90. The molecule has 3 rings (SSSR count). The number of fused-ring (bicyclic) bond motifs is 1. The van der Waals surface area contributed by atoms with Gasteiger partial charge in [-0.3, -0.25) is 19.3 Å². The molecule has 1 aliphatic rings. The fourth-order valence-corrected chi connectivity index (χ4v) is 3.52. The molecule has 2 amide bonds. The zero-order valence-electron chi connectivity index (χ0n) is 15.3. The first kappa shape index (κ1) is 21.0. The lowest BCUT2D eigenvalue weighted by molar-refractivity contribution is -0.146. The number of carbonyl (C=O) groups excluding carboxylic acids is 2. The number of imide groups is 1. The molecule has 0 aromatic heterocycles. The third kappa shape index (κ3) is 4.46. The highest BCUT2D eigenvalue weighted by Crippen LogP contribution is 2.25. The molecule has 0 saturated carbocycles. The summed E-state index contributed by atoms with van der Waals surface area (Å²) in [5, 5.41) is 19.8. The largest absolute Gasteiger partial charge is 0.481 e. The van der Waals surface area contributed by atoms with Gasteiger partial charge in [0, 0.05) is 6.54 Å². The highest BCUT2D eigenvalue weighted by molar-refractivity contribution is 6.30. The van der Waals surface area contributed by atoms with E-state index < -0.39 is 35.6 Å². The van der Waals surface area contributed by atoms with Gasteiger partial charge in [-0.2, -0.15) is 0 Å². The van der Waals surface area contributed by atoms with Crippen molar-refractivity contribution in [1.29, 1.82) is 0 Å². The van der Waals surface area contributed by atoms with Gasteiger partial charge < -0.3 is 10.2 Å². The summed E-state index contributed by atoms with van der Waals surface area (Å²) in [5.41, 5.74) is 1.15. The molecule has 1 aliphatic heterocycles. The Morgan fingerprint density at radius 2 is 1.69 bits per heavy atom. The topological polar surface area (TPSA) is 94.9 Å². The molecule has 0 bridgehead atoms. The Kier molecular flexibility index (Phi) is 6.30. The zero-order chi connectivity index (χ0) is 21.1. The number of carboxylic acids is 1. The molecule has 2 atom stereocenters. The number of halogens is 2. The first-order valence-electron chi connectivity index (χ1n) is 9.09. The minimum absolute atomic E-state index is 0.0151. The zero-order valence-corrected chi connectivity index (χ0v) is 16.1. The lowest BCUT2D eigenvalue weighted by Crippen LogP contribution is -2.36. The predicted molar refractivity (Wildman–Crippen MR) is 103 cm³/mol. The van der Waals surface area contributed by atoms with Crippen LogP contribution in [0.4, 0.5) is 4.39 Å². The molecule has 0 radical (unpaired) electrons. The van der Waals surface area contributed by atoms with Gasteiger partial charge in [0.05, 0.1) is 28.2 Å². The van der Waals surface area contributed by atoms with Gasteiger partial charge >= 0.3 is 5.97 Å². The number of carboxylic acid groups (broad SMARTS) is 1.